The number of sulfonamides is 1. The van der Waals surface area contributed by atoms with Crippen LogP contribution in [0.3, 0.4) is 0 Å². The Labute approximate surface area is 112 Å². The predicted octanol–water partition coefficient (Wildman–Crippen LogP) is 1.58. The second-order valence-corrected chi connectivity index (χ2v) is 6.71. The third-order valence-corrected chi connectivity index (χ3v) is 4.67. The molecular formula is C11H15ClN2O3S. The van der Waals surface area contributed by atoms with Gasteiger partial charge in [0.15, 0.2) is 0 Å². The van der Waals surface area contributed by atoms with E-state index >= 15 is 0 Å². The molecule has 1 atom stereocenters. The van der Waals surface area contributed by atoms with Crippen LogP contribution in [0.4, 0.5) is 0 Å². The van der Waals surface area contributed by atoms with Gasteiger partial charge in [-0.15, -0.1) is 0 Å². The van der Waals surface area contributed by atoms with E-state index in [-0.39, 0.29) is 10.0 Å². The molecule has 1 N–H and O–H groups in total. The van der Waals surface area contributed by atoms with Gasteiger partial charge in [0, 0.05) is 12.8 Å². The first kappa shape index (κ1) is 13.7. The molecule has 1 saturated heterocycles. The number of nitrogens with zero attached hydrogens (tertiary/aromatic N) is 1. The highest BCUT2D eigenvalue weighted by atomic mass is 35.5. The summed E-state index contributed by atoms with van der Waals surface area (Å²) < 4.78 is 32.4. The number of hydrogen-bond donors (Lipinski definition) is 1. The van der Waals surface area contributed by atoms with E-state index in [1.54, 1.807) is 0 Å². The lowest BCUT2D eigenvalue weighted by Crippen LogP contribution is -2.51. The smallest absolute Gasteiger partial charge is 0.241 e. The fraction of sp³-hybridized carbons (Fsp3) is 0.545. The van der Waals surface area contributed by atoms with Crippen molar-refractivity contribution >= 4 is 21.6 Å². The van der Waals surface area contributed by atoms with E-state index in [0.29, 0.717) is 13.2 Å². The van der Waals surface area contributed by atoms with Gasteiger partial charge in [-0.3, -0.25) is 0 Å². The van der Waals surface area contributed by atoms with Crippen LogP contribution in [0.1, 0.15) is 19.8 Å². The summed E-state index contributed by atoms with van der Waals surface area (Å²) >= 11 is 5.70. The van der Waals surface area contributed by atoms with Crippen molar-refractivity contribution in [3.8, 4) is 0 Å². The highest BCUT2D eigenvalue weighted by Gasteiger charge is 2.32. The summed E-state index contributed by atoms with van der Waals surface area (Å²) in [7, 11) is -3.60. The summed E-state index contributed by atoms with van der Waals surface area (Å²) in [6.45, 7) is 2.90. The number of hydrogen-bond acceptors (Lipinski definition) is 4. The van der Waals surface area contributed by atoms with Crippen LogP contribution in [0, 0.1) is 0 Å². The Balaban J connectivity index is 2.21. The third-order valence-electron chi connectivity index (χ3n) is 2.83. The zero-order valence-corrected chi connectivity index (χ0v) is 11.6. The van der Waals surface area contributed by atoms with Gasteiger partial charge >= 0.3 is 0 Å². The zero-order chi connectivity index (χ0) is 13.2. The summed E-state index contributed by atoms with van der Waals surface area (Å²) in [6.07, 6.45) is 2.97. The average molecular weight is 291 g/mol. The summed E-state index contributed by atoms with van der Waals surface area (Å²) in [4.78, 5) is 3.89. The van der Waals surface area contributed by atoms with Gasteiger partial charge in [-0.1, -0.05) is 11.6 Å². The highest BCUT2D eigenvalue weighted by molar-refractivity contribution is 7.89. The molecule has 0 spiro atoms. The Bertz CT molecular complexity index is 527. The molecule has 1 aliphatic heterocycles. The standard InChI is InChI=1S/C11H15ClN2O3S/c1-11(4-2-6-17-8-11)14-18(15,16)9-3-5-13-10(12)7-9/h3,5,7,14H,2,4,6,8H2,1H3. The number of nitrogens with one attached hydrogen (secondary N) is 1. The van der Waals surface area contributed by atoms with Gasteiger partial charge in [0.25, 0.3) is 0 Å². The van der Waals surface area contributed by atoms with Crippen LogP contribution in [0.25, 0.3) is 0 Å². The van der Waals surface area contributed by atoms with E-state index in [0.717, 1.165) is 12.8 Å². The van der Waals surface area contributed by atoms with Crippen LogP contribution in [-0.2, 0) is 14.8 Å². The van der Waals surface area contributed by atoms with Crippen LogP contribution in [-0.4, -0.2) is 32.2 Å². The summed E-state index contributed by atoms with van der Waals surface area (Å²) in [5, 5.41) is 0.155. The minimum absolute atomic E-state index is 0.120. The van der Waals surface area contributed by atoms with Gasteiger partial charge < -0.3 is 4.74 Å². The Morgan fingerprint density at radius 3 is 2.94 bits per heavy atom. The van der Waals surface area contributed by atoms with Crippen molar-refractivity contribution in [2.24, 2.45) is 0 Å². The fourth-order valence-corrected chi connectivity index (χ4v) is 3.62. The lowest BCUT2D eigenvalue weighted by atomic mass is 9.97. The quantitative estimate of drug-likeness (QED) is 0.858. The average Bonchev–Trinajstić information content (AvgIpc) is 2.28. The molecule has 0 saturated carbocycles. The van der Waals surface area contributed by atoms with Crippen LogP contribution in [0.15, 0.2) is 23.2 Å². The van der Waals surface area contributed by atoms with Gasteiger partial charge in [0.05, 0.1) is 17.0 Å². The molecule has 0 aromatic carbocycles. The molecule has 1 aromatic heterocycles. The first-order chi connectivity index (χ1) is 8.41. The van der Waals surface area contributed by atoms with Crippen molar-refractivity contribution in [1.29, 1.82) is 0 Å². The van der Waals surface area contributed by atoms with Crippen LogP contribution in [0.5, 0.6) is 0 Å². The normalized spacial score (nSPS) is 25.0. The number of pyridine rings is 1. The molecule has 1 unspecified atom stereocenters. The van der Waals surface area contributed by atoms with Crippen LogP contribution >= 0.6 is 11.6 Å². The van der Waals surface area contributed by atoms with Gasteiger partial charge in [-0.2, -0.15) is 0 Å². The molecule has 0 amide bonds. The van der Waals surface area contributed by atoms with Gasteiger partial charge in [-0.05, 0) is 31.9 Å². The minimum Gasteiger partial charge on any atom is -0.380 e. The maximum absolute atomic E-state index is 12.2. The van der Waals surface area contributed by atoms with Gasteiger partial charge in [-0.25, -0.2) is 18.1 Å². The number of rotatable bonds is 3. The molecule has 100 valence electrons. The van der Waals surface area contributed by atoms with E-state index in [1.807, 2.05) is 6.92 Å². The van der Waals surface area contributed by atoms with Gasteiger partial charge in [0.2, 0.25) is 10.0 Å². The SMILES string of the molecule is CC1(NS(=O)(=O)c2ccnc(Cl)c2)CCCOC1. The summed E-state index contributed by atoms with van der Waals surface area (Å²) in [5.74, 6) is 0. The molecule has 0 bridgehead atoms. The Kier molecular flexibility index (Phi) is 3.91. The molecule has 5 nitrogen and oxygen atoms in total. The Morgan fingerprint density at radius 2 is 2.33 bits per heavy atom. The molecule has 7 heteroatoms. The van der Waals surface area contributed by atoms with Crippen molar-refractivity contribution in [3.63, 3.8) is 0 Å². The second-order valence-electron chi connectivity index (χ2n) is 4.64. The lowest BCUT2D eigenvalue weighted by Gasteiger charge is -2.33. The third kappa shape index (κ3) is 3.20. The first-order valence-electron chi connectivity index (χ1n) is 5.65. The van der Waals surface area contributed by atoms with E-state index < -0.39 is 15.6 Å². The van der Waals surface area contributed by atoms with Crippen molar-refractivity contribution in [2.45, 2.75) is 30.2 Å². The first-order valence-corrected chi connectivity index (χ1v) is 7.51. The van der Waals surface area contributed by atoms with Crippen LogP contribution in [0.2, 0.25) is 5.15 Å². The summed E-state index contributed by atoms with van der Waals surface area (Å²) in [6, 6.07) is 2.75. The Hall–Kier alpha value is -0.690. The maximum Gasteiger partial charge on any atom is 0.241 e. The summed E-state index contributed by atoms with van der Waals surface area (Å²) in [5.41, 5.74) is -0.563. The Morgan fingerprint density at radius 1 is 1.56 bits per heavy atom. The molecule has 0 radical (unpaired) electrons. The molecule has 0 aliphatic carbocycles. The molecule has 18 heavy (non-hydrogen) atoms. The molecule has 2 heterocycles. The van der Waals surface area contributed by atoms with Crippen LogP contribution < -0.4 is 4.72 Å². The van der Waals surface area contributed by atoms with Crippen molar-refractivity contribution in [1.82, 2.24) is 9.71 Å². The van der Waals surface area contributed by atoms with Gasteiger partial charge in [0.1, 0.15) is 5.15 Å². The minimum atomic E-state index is -3.60. The van der Waals surface area contributed by atoms with Crippen molar-refractivity contribution in [3.05, 3.63) is 23.5 Å². The topological polar surface area (TPSA) is 68.3 Å². The number of aromatic nitrogens is 1. The zero-order valence-electron chi connectivity index (χ0n) is 10.0. The van der Waals surface area contributed by atoms with E-state index in [9.17, 15) is 8.42 Å². The largest absolute Gasteiger partial charge is 0.380 e. The van der Waals surface area contributed by atoms with E-state index in [2.05, 4.69) is 9.71 Å². The highest BCUT2D eigenvalue weighted by Crippen LogP contribution is 2.22. The molecule has 2 rings (SSSR count). The number of halogens is 1. The predicted molar refractivity (Wildman–Crippen MR) is 68.0 cm³/mol. The second kappa shape index (κ2) is 5.13. The monoisotopic (exact) mass is 290 g/mol. The molecule has 1 aliphatic rings. The fourth-order valence-electron chi connectivity index (χ4n) is 1.95. The number of ether oxygens (including phenoxy) is 1. The van der Waals surface area contributed by atoms with Crippen molar-refractivity contribution in [2.75, 3.05) is 13.2 Å². The lowest BCUT2D eigenvalue weighted by molar-refractivity contribution is 0.0386. The van der Waals surface area contributed by atoms with E-state index in [4.69, 9.17) is 16.3 Å². The van der Waals surface area contributed by atoms with E-state index in [1.165, 1.54) is 18.3 Å². The van der Waals surface area contributed by atoms with Crippen molar-refractivity contribution < 1.29 is 13.2 Å². The molecule has 1 aromatic rings. The molecule has 1 fully saturated rings. The maximum atomic E-state index is 12.2. The molecular weight excluding hydrogens is 276 g/mol.